The Kier molecular flexibility index (Phi) is 10.2. The standard InChI is InChI=1S/C16H31N5O4/c1-9(2)13(20-11(5)22)15(24)21-12(14(23)19-10(3)4)7-6-8-18-16(17)25/h9-10,12-13H,6-8H2,1-5H3,(H,19,23)(H,20,22)(H,21,24)(H3,17,18,25)/t12-,13-/m0/s1. The van der Waals surface area contributed by atoms with Gasteiger partial charge < -0.3 is 27.0 Å². The van der Waals surface area contributed by atoms with Crippen LogP contribution in [0, 0.1) is 5.92 Å². The Balaban J connectivity index is 4.92. The molecule has 0 aromatic carbocycles. The quantitative estimate of drug-likeness (QED) is 0.339. The van der Waals surface area contributed by atoms with E-state index in [9.17, 15) is 19.2 Å². The molecular weight excluding hydrogens is 326 g/mol. The summed E-state index contributed by atoms with van der Waals surface area (Å²) < 4.78 is 0. The van der Waals surface area contributed by atoms with E-state index in [1.54, 1.807) is 13.8 Å². The van der Waals surface area contributed by atoms with Crippen LogP contribution in [0.3, 0.4) is 0 Å². The number of carbonyl (C=O) groups is 4. The van der Waals surface area contributed by atoms with Gasteiger partial charge in [-0.15, -0.1) is 0 Å². The van der Waals surface area contributed by atoms with Gasteiger partial charge in [-0.2, -0.15) is 0 Å². The van der Waals surface area contributed by atoms with Crippen molar-refractivity contribution in [3.63, 3.8) is 0 Å². The third kappa shape index (κ3) is 10.2. The lowest BCUT2D eigenvalue weighted by atomic mass is 10.0. The van der Waals surface area contributed by atoms with Crippen molar-refractivity contribution in [3.8, 4) is 0 Å². The predicted octanol–water partition coefficient (Wildman–Crippen LogP) is -0.395. The summed E-state index contributed by atoms with van der Waals surface area (Å²) >= 11 is 0. The van der Waals surface area contributed by atoms with Crippen LogP contribution in [0.4, 0.5) is 4.79 Å². The van der Waals surface area contributed by atoms with Gasteiger partial charge in [0.2, 0.25) is 17.7 Å². The minimum Gasteiger partial charge on any atom is -0.352 e. The van der Waals surface area contributed by atoms with Crippen LogP contribution in [0.1, 0.15) is 47.5 Å². The largest absolute Gasteiger partial charge is 0.352 e. The lowest BCUT2D eigenvalue weighted by Crippen LogP contribution is -2.55. The molecule has 0 bridgehead atoms. The molecule has 0 rings (SSSR count). The number of nitrogens with one attached hydrogen (secondary N) is 4. The van der Waals surface area contributed by atoms with E-state index in [2.05, 4.69) is 21.3 Å². The third-order valence-electron chi connectivity index (χ3n) is 3.34. The van der Waals surface area contributed by atoms with Crippen molar-refractivity contribution in [3.05, 3.63) is 0 Å². The summed E-state index contributed by atoms with van der Waals surface area (Å²) in [5.41, 5.74) is 5.00. The lowest BCUT2D eigenvalue weighted by Gasteiger charge is -2.25. The van der Waals surface area contributed by atoms with Gasteiger partial charge >= 0.3 is 6.03 Å². The molecule has 0 aliphatic heterocycles. The number of urea groups is 1. The zero-order valence-electron chi connectivity index (χ0n) is 15.6. The molecule has 144 valence electrons. The van der Waals surface area contributed by atoms with Gasteiger partial charge in [0, 0.05) is 19.5 Å². The lowest BCUT2D eigenvalue weighted by molar-refractivity contribution is -0.132. The fraction of sp³-hybridized carbons (Fsp3) is 0.750. The van der Waals surface area contributed by atoms with E-state index < -0.39 is 24.0 Å². The Bertz CT molecular complexity index is 479. The highest BCUT2D eigenvalue weighted by molar-refractivity contribution is 5.91. The first-order valence-corrected chi connectivity index (χ1v) is 8.45. The SMILES string of the molecule is CC(=O)N[C@H](C(=O)N[C@@H](CCCNC(N)=O)C(=O)NC(C)C)C(C)C. The van der Waals surface area contributed by atoms with Gasteiger partial charge in [0.25, 0.3) is 0 Å². The van der Waals surface area contributed by atoms with E-state index in [4.69, 9.17) is 5.73 Å². The Hall–Kier alpha value is -2.32. The van der Waals surface area contributed by atoms with E-state index in [0.717, 1.165) is 0 Å². The van der Waals surface area contributed by atoms with E-state index in [1.165, 1.54) is 6.92 Å². The molecular formula is C16H31N5O4. The molecule has 0 spiro atoms. The summed E-state index contributed by atoms with van der Waals surface area (Å²) in [6, 6.07) is -2.21. The third-order valence-corrected chi connectivity index (χ3v) is 3.34. The summed E-state index contributed by atoms with van der Waals surface area (Å²) in [5, 5.41) is 10.5. The number of amides is 5. The molecule has 9 nitrogen and oxygen atoms in total. The maximum atomic E-state index is 12.5. The minimum absolute atomic E-state index is 0.0770. The molecule has 0 aliphatic rings. The van der Waals surface area contributed by atoms with Crippen LogP contribution in [-0.4, -0.2) is 48.4 Å². The van der Waals surface area contributed by atoms with Crippen LogP contribution in [0.15, 0.2) is 0 Å². The molecule has 0 saturated carbocycles. The van der Waals surface area contributed by atoms with Gasteiger partial charge in [-0.25, -0.2) is 4.79 Å². The van der Waals surface area contributed by atoms with Crippen molar-refractivity contribution in [1.29, 1.82) is 0 Å². The summed E-state index contributed by atoms with van der Waals surface area (Å²) in [4.78, 5) is 46.7. The number of carbonyl (C=O) groups excluding carboxylic acids is 4. The second kappa shape index (κ2) is 11.3. The van der Waals surface area contributed by atoms with Crippen LogP contribution >= 0.6 is 0 Å². The van der Waals surface area contributed by atoms with Crippen LogP contribution in [-0.2, 0) is 14.4 Å². The van der Waals surface area contributed by atoms with Crippen LogP contribution in [0.5, 0.6) is 0 Å². The van der Waals surface area contributed by atoms with Crippen LogP contribution in [0.2, 0.25) is 0 Å². The molecule has 2 atom stereocenters. The molecule has 0 aromatic heterocycles. The predicted molar refractivity (Wildman–Crippen MR) is 94.5 cm³/mol. The van der Waals surface area contributed by atoms with Gasteiger partial charge in [-0.1, -0.05) is 13.8 Å². The molecule has 0 aromatic rings. The van der Waals surface area contributed by atoms with Crippen molar-refractivity contribution in [1.82, 2.24) is 21.3 Å². The molecule has 5 amide bonds. The first-order valence-electron chi connectivity index (χ1n) is 8.45. The fourth-order valence-electron chi connectivity index (χ4n) is 2.19. The summed E-state index contributed by atoms with van der Waals surface area (Å²) in [6.45, 7) is 8.89. The average Bonchev–Trinajstić information content (AvgIpc) is 2.46. The summed E-state index contributed by atoms with van der Waals surface area (Å²) in [7, 11) is 0. The normalized spacial score (nSPS) is 13.1. The summed E-state index contributed by atoms with van der Waals surface area (Å²) in [5.74, 6) is -1.18. The number of rotatable bonds is 10. The molecule has 6 N–H and O–H groups in total. The first kappa shape index (κ1) is 22.7. The average molecular weight is 357 g/mol. The van der Waals surface area contributed by atoms with Gasteiger partial charge in [0.05, 0.1) is 0 Å². The van der Waals surface area contributed by atoms with Crippen LogP contribution in [0.25, 0.3) is 0 Å². The molecule has 0 unspecified atom stereocenters. The Labute approximate surface area is 148 Å². The molecule has 0 fully saturated rings. The maximum absolute atomic E-state index is 12.5. The minimum atomic E-state index is -0.764. The molecule has 0 aliphatic carbocycles. The van der Waals surface area contributed by atoms with E-state index in [1.807, 2.05) is 13.8 Å². The number of hydrogen-bond acceptors (Lipinski definition) is 4. The zero-order valence-corrected chi connectivity index (χ0v) is 15.6. The van der Waals surface area contributed by atoms with E-state index >= 15 is 0 Å². The zero-order chi connectivity index (χ0) is 19.6. The van der Waals surface area contributed by atoms with Gasteiger partial charge in [0.1, 0.15) is 12.1 Å². The number of nitrogens with two attached hydrogens (primary N) is 1. The second-order valence-electron chi connectivity index (χ2n) is 6.58. The van der Waals surface area contributed by atoms with Crippen LogP contribution < -0.4 is 27.0 Å². The molecule has 25 heavy (non-hydrogen) atoms. The molecule has 0 heterocycles. The number of hydrogen-bond donors (Lipinski definition) is 5. The fourth-order valence-corrected chi connectivity index (χ4v) is 2.19. The number of primary amides is 1. The van der Waals surface area contributed by atoms with E-state index in [0.29, 0.717) is 19.4 Å². The van der Waals surface area contributed by atoms with Crippen molar-refractivity contribution in [2.45, 2.75) is 65.6 Å². The van der Waals surface area contributed by atoms with Crippen molar-refractivity contribution in [2.75, 3.05) is 6.54 Å². The highest BCUT2D eigenvalue weighted by Gasteiger charge is 2.28. The van der Waals surface area contributed by atoms with Gasteiger partial charge in [-0.3, -0.25) is 14.4 Å². The molecule has 9 heteroatoms. The van der Waals surface area contributed by atoms with Crippen molar-refractivity contribution >= 4 is 23.8 Å². The Morgan fingerprint density at radius 2 is 1.52 bits per heavy atom. The van der Waals surface area contributed by atoms with Crippen molar-refractivity contribution < 1.29 is 19.2 Å². The van der Waals surface area contributed by atoms with Crippen molar-refractivity contribution in [2.24, 2.45) is 11.7 Å². The highest BCUT2D eigenvalue weighted by Crippen LogP contribution is 2.05. The molecule has 0 saturated heterocycles. The monoisotopic (exact) mass is 357 g/mol. The second-order valence-corrected chi connectivity index (χ2v) is 6.58. The topological polar surface area (TPSA) is 142 Å². The molecule has 0 radical (unpaired) electrons. The smallest absolute Gasteiger partial charge is 0.312 e. The summed E-state index contributed by atoms with van der Waals surface area (Å²) in [6.07, 6.45) is 0.793. The van der Waals surface area contributed by atoms with Gasteiger partial charge in [0.15, 0.2) is 0 Å². The Morgan fingerprint density at radius 3 is 1.96 bits per heavy atom. The first-order chi connectivity index (χ1) is 11.5. The van der Waals surface area contributed by atoms with E-state index in [-0.39, 0.29) is 23.8 Å². The highest BCUT2D eigenvalue weighted by atomic mass is 16.2. The maximum Gasteiger partial charge on any atom is 0.312 e. The van der Waals surface area contributed by atoms with Gasteiger partial charge in [-0.05, 0) is 32.6 Å². The Morgan fingerprint density at radius 1 is 0.920 bits per heavy atom.